The summed E-state index contributed by atoms with van der Waals surface area (Å²) in [6, 6.07) is 4.90. The molecule has 7 heteroatoms. The van der Waals surface area contributed by atoms with E-state index in [4.69, 9.17) is 10.5 Å². The van der Waals surface area contributed by atoms with Gasteiger partial charge < -0.3 is 20.8 Å². The van der Waals surface area contributed by atoms with E-state index in [1.165, 1.54) is 0 Å². The third-order valence-corrected chi connectivity index (χ3v) is 3.32. The van der Waals surface area contributed by atoms with Crippen LogP contribution < -0.4 is 15.9 Å². The third-order valence-electron chi connectivity index (χ3n) is 2.60. The summed E-state index contributed by atoms with van der Waals surface area (Å²) >= 11 is 1.10. The van der Waals surface area contributed by atoms with E-state index in [0.29, 0.717) is 30.1 Å². The Morgan fingerprint density at radius 2 is 2.30 bits per heavy atom. The highest BCUT2D eigenvalue weighted by atomic mass is 32.1. The fraction of sp³-hybridized carbons (Fsp3) is 0.231. The maximum Gasteiger partial charge on any atom is 0.338 e. The van der Waals surface area contributed by atoms with Crippen molar-refractivity contribution in [2.45, 2.75) is 13.5 Å². The van der Waals surface area contributed by atoms with E-state index in [-0.39, 0.29) is 10.8 Å². The number of carbonyl (C=O) groups is 1. The highest BCUT2D eigenvalue weighted by Gasteiger charge is 2.09. The van der Waals surface area contributed by atoms with E-state index < -0.39 is 0 Å². The molecule has 0 aliphatic rings. The van der Waals surface area contributed by atoms with Crippen molar-refractivity contribution in [3.63, 3.8) is 0 Å². The molecule has 0 fully saturated rings. The van der Waals surface area contributed by atoms with E-state index in [1.54, 1.807) is 30.5 Å². The first-order valence-corrected chi connectivity index (χ1v) is 6.95. The lowest BCUT2D eigenvalue weighted by atomic mass is 10.1. The number of aromatic nitrogens is 1. The van der Waals surface area contributed by atoms with Gasteiger partial charge in [0.1, 0.15) is 0 Å². The predicted octanol–water partition coefficient (Wildman–Crippen LogP) is 1.81. The van der Waals surface area contributed by atoms with Crippen LogP contribution in [-0.4, -0.2) is 17.6 Å². The molecule has 106 valence electrons. The van der Waals surface area contributed by atoms with Crippen molar-refractivity contribution in [3.8, 4) is 0 Å². The monoisotopic (exact) mass is 293 g/mol. The molecule has 1 aromatic heterocycles. The molecule has 0 aliphatic heterocycles. The Bertz CT molecular complexity index is 663. The first kappa shape index (κ1) is 14.1. The number of rotatable bonds is 5. The molecule has 0 bridgehead atoms. The van der Waals surface area contributed by atoms with Crippen molar-refractivity contribution in [3.05, 3.63) is 44.5 Å². The Kier molecular flexibility index (Phi) is 4.41. The summed E-state index contributed by atoms with van der Waals surface area (Å²) in [6.07, 6.45) is 0. The lowest BCUT2D eigenvalue weighted by molar-refractivity contribution is 0.0526. The molecule has 0 spiro atoms. The standard InChI is InChI=1S/C13H15N3O3S/c1-2-19-12(17)8-3-4-10(14)11(5-8)15-6-9-7-20-13(18)16-9/h3-5,7,15H,2,6,14H2,1H3,(H,16,18). The molecule has 0 amide bonds. The summed E-state index contributed by atoms with van der Waals surface area (Å²) in [5.41, 5.74) is 8.20. The molecule has 20 heavy (non-hydrogen) atoms. The van der Waals surface area contributed by atoms with Crippen LogP contribution in [-0.2, 0) is 11.3 Å². The molecule has 2 rings (SSSR count). The van der Waals surface area contributed by atoms with Gasteiger partial charge in [0.2, 0.25) is 0 Å². The van der Waals surface area contributed by atoms with Gasteiger partial charge in [-0.1, -0.05) is 11.3 Å². The number of hydrogen-bond acceptors (Lipinski definition) is 6. The fourth-order valence-corrected chi connectivity index (χ4v) is 2.22. The fourth-order valence-electron chi connectivity index (χ4n) is 1.64. The minimum absolute atomic E-state index is 0.102. The van der Waals surface area contributed by atoms with Crippen molar-refractivity contribution in [2.75, 3.05) is 17.7 Å². The van der Waals surface area contributed by atoms with E-state index >= 15 is 0 Å². The second kappa shape index (κ2) is 6.25. The summed E-state index contributed by atoms with van der Waals surface area (Å²) in [5.74, 6) is -0.389. The molecule has 0 unspecified atom stereocenters. The van der Waals surface area contributed by atoms with Gasteiger partial charge in [0.25, 0.3) is 0 Å². The number of hydrogen-bond donors (Lipinski definition) is 3. The van der Waals surface area contributed by atoms with Crippen molar-refractivity contribution in [1.82, 2.24) is 4.98 Å². The highest BCUT2D eigenvalue weighted by molar-refractivity contribution is 7.07. The van der Waals surface area contributed by atoms with Crippen LogP contribution >= 0.6 is 11.3 Å². The second-order valence-corrected chi connectivity index (χ2v) is 4.89. The number of nitrogens with two attached hydrogens (primary N) is 1. The van der Waals surface area contributed by atoms with Crippen LogP contribution in [0.5, 0.6) is 0 Å². The summed E-state index contributed by atoms with van der Waals surface area (Å²) < 4.78 is 4.94. The Morgan fingerprint density at radius 3 is 2.95 bits per heavy atom. The zero-order valence-electron chi connectivity index (χ0n) is 10.9. The maximum absolute atomic E-state index is 11.6. The smallest absolute Gasteiger partial charge is 0.338 e. The van der Waals surface area contributed by atoms with E-state index in [2.05, 4.69) is 10.3 Å². The van der Waals surface area contributed by atoms with Crippen LogP contribution in [0.2, 0.25) is 0 Å². The number of carbonyl (C=O) groups excluding carboxylic acids is 1. The molecule has 2 aromatic rings. The van der Waals surface area contributed by atoms with E-state index in [9.17, 15) is 9.59 Å². The van der Waals surface area contributed by atoms with Crippen LogP contribution in [0.15, 0.2) is 28.4 Å². The van der Waals surface area contributed by atoms with Crippen molar-refractivity contribution < 1.29 is 9.53 Å². The van der Waals surface area contributed by atoms with Crippen LogP contribution in [0.4, 0.5) is 11.4 Å². The van der Waals surface area contributed by atoms with Crippen LogP contribution in [0.3, 0.4) is 0 Å². The minimum Gasteiger partial charge on any atom is -0.462 e. The summed E-state index contributed by atoms with van der Waals surface area (Å²) in [5, 5.41) is 4.82. The second-order valence-electron chi connectivity index (χ2n) is 4.05. The van der Waals surface area contributed by atoms with Crippen molar-refractivity contribution in [2.24, 2.45) is 0 Å². The molecule has 0 saturated carbocycles. The number of benzene rings is 1. The van der Waals surface area contributed by atoms with Gasteiger partial charge in [-0.15, -0.1) is 0 Å². The van der Waals surface area contributed by atoms with Crippen molar-refractivity contribution in [1.29, 1.82) is 0 Å². The van der Waals surface area contributed by atoms with Crippen LogP contribution in [0.25, 0.3) is 0 Å². The number of esters is 1. The Morgan fingerprint density at radius 1 is 1.50 bits per heavy atom. The SMILES string of the molecule is CCOC(=O)c1ccc(N)c(NCc2csc(=O)[nH]2)c1. The Hall–Kier alpha value is -2.28. The number of thiazole rings is 1. The summed E-state index contributed by atoms with van der Waals surface area (Å²) in [7, 11) is 0. The topological polar surface area (TPSA) is 97.2 Å². The van der Waals surface area contributed by atoms with Crippen LogP contribution in [0.1, 0.15) is 23.0 Å². The zero-order chi connectivity index (χ0) is 14.5. The van der Waals surface area contributed by atoms with Gasteiger partial charge in [0, 0.05) is 11.1 Å². The molecule has 0 atom stereocenters. The first-order valence-electron chi connectivity index (χ1n) is 6.07. The number of anilines is 2. The predicted molar refractivity (Wildman–Crippen MR) is 79.1 cm³/mol. The van der Waals surface area contributed by atoms with Gasteiger partial charge in [-0.25, -0.2) is 4.79 Å². The molecular formula is C13H15N3O3S. The number of nitrogen functional groups attached to an aromatic ring is 1. The van der Waals surface area contributed by atoms with Gasteiger partial charge >= 0.3 is 10.8 Å². The Labute approximate surface area is 119 Å². The van der Waals surface area contributed by atoms with E-state index in [0.717, 1.165) is 17.0 Å². The average Bonchev–Trinajstić information content (AvgIpc) is 2.84. The molecule has 6 nitrogen and oxygen atoms in total. The van der Waals surface area contributed by atoms with Crippen molar-refractivity contribution >= 4 is 28.7 Å². The molecule has 1 heterocycles. The van der Waals surface area contributed by atoms with Gasteiger partial charge in [0.15, 0.2) is 0 Å². The molecule has 0 aliphatic carbocycles. The summed E-state index contributed by atoms with van der Waals surface area (Å²) in [6.45, 7) is 2.50. The van der Waals surface area contributed by atoms with Crippen LogP contribution in [0, 0.1) is 0 Å². The van der Waals surface area contributed by atoms with Gasteiger partial charge in [-0.05, 0) is 25.1 Å². The normalized spacial score (nSPS) is 10.2. The minimum atomic E-state index is -0.389. The number of nitrogens with one attached hydrogen (secondary N) is 2. The van der Waals surface area contributed by atoms with Gasteiger partial charge in [0.05, 0.1) is 30.1 Å². The molecule has 1 aromatic carbocycles. The largest absolute Gasteiger partial charge is 0.462 e. The van der Waals surface area contributed by atoms with Gasteiger partial charge in [-0.3, -0.25) is 4.79 Å². The number of ether oxygens (including phenoxy) is 1. The third kappa shape index (κ3) is 3.39. The highest BCUT2D eigenvalue weighted by Crippen LogP contribution is 2.21. The van der Waals surface area contributed by atoms with Gasteiger partial charge in [-0.2, -0.15) is 0 Å². The molecule has 4 N–H and O–H groups in total. The average molecular weight is 293 g/mol. The zero-order valence-corrected chi connectivity index (χ0v) is 11.8. The first-order chi connectivity index (χ1) is 9.60. The lowest BCUT2D eigenvalue weighted by Crippen LogP contribution is -2.08. The molecule has 0 radical (unpaired) electrons. The molecule has 0 saturated heterocycles. The Balaban J connectivity index is 2.12. The number of aromatic amines is 1. The lowest BCUT2D eigenvalue weighted by Gasteiger charge is -2.10. The summed E-state index contributed by atoms with van der Waals surface area (Å²) in [4.78, 5) is 25.3. The van der Waals surface area contributed by atoms with E-state index in [1.807, 2.05) is 0 Å². The number of H-pyrrole nitrogens is 1. The molecular weight excluding hydrogens is 278 g/mol. The quantitative estimate of drug-likeness (QED) is 0.577. The maximum atomic E-state index is 11.6.